The highest BCUT2D eigenvalue weighted by Crippen LogP contribution is 1.96. The molecular formula is C6H6N6. The van der Waals surface area contributed by atoms with Crippen LogP contribution in [0.3, 0.4) is 0 Å². The van der Waals surface area contributed by atoms with E-state index in [0.717, 1.165) is 5.69 Å². The molecule has 12 heavy (non-hydrogen) atoms. The van der Waals surface area contributed by atoms with Crippen LogP contribution in [0.15, 0.2) is 18.6 Å². The summed E-state index contributed by atoms with van der Waals surface area (Å²) in [6.07, 6.45) is 3.12. The molecule has 0 aliphatic heterocycles. The first-order chi connectivity index (χ1) is 5.86. The van der Waals surface area contributed by atoms with E-state index in [9.17, 15) is 0 Å². The van der Waals surface area contributed by atoms with Gasteiger partial charge in [-0.3, -0.25) is 0 Å². The Bertz CT molecular complexity index is 367. The Morgan fingerprint density at radius 2 is 2.33 bits per heavy atom. The largest absolute Gasteiger partial charge is 0.253 e. The summed E-state index contributed by atoms with van der Waals surface area (Å²) in [5.41, 5.74) is 0.885. The molecule has 2 rings (SSSR count). The number of tetrazole rings is 1. The van der Waals surface area contributed by atoms with Crippen LogP contribution in [0.5, 0.6) is 0 Å². The Morgan fingerprint density at radius 3 is 3.00 bits per heavy atom. The SMILES string of the molecule is Cc1ccnc(-n2cnnn2)n1. The smallest absolute Gasteiger partial charge is 0.220 e. The molecule has 0 aromatic carbocycles. The summed E-state index contributed by atoms with van der Waals surface area (Å²) < 4.78 is 1.41. The lowest BCUT2D eigenvalue weighted by molar-refractivity contribution is 0.744. The van der Waals surface area contributed by atoms with Gasteiger partial charge in [0.25, 0.3) is 5.95 Å². The lowest BCUT2D eigenvalue weighted by Crippen LogP contribution is -2.02. The predicted octanol–water partition coefficient (Wildman–Crippen LogP) is -0.239. The molecule has 0 bridgehead atoms. The fourth-order valence-corrected chi connectivity index (χ4v) is 0.799. The maximum Gasteiger partial charge on any atom is 0.253 e. The second-order valence-electron chi connectivity index (χ2n) is 2.25. The van der Waals surface area contributed by atoms with Crippen molar-refractivity contribution in [3.05, 3.63) is 24.3 Å². The Kier molecular flexibility index (Phi) is 1.51. The maximum atomic E-state index is 4.12. The number of hydrogen-bond acceptors (Lipinski definition) is 5. The summed E-state index contributed by atoms with van der Waals surface area (Å²) in [6, 6.07) is 1.81. The predicted molar refractivity (Wildman–Crippen MR) is 39.5 cm³/mol. The van der Waals surface area contributed by atoms with Gasteiger partial charge in [0.1, 0.15) is 6.33 Å². The van der Waals surface area contributed by atoms with Gasteiger partial charge in [-0.2, -0.15) is 4.68 Å². The van der Waals surface area contributed by atoms with E-state index >= 15 is 0 Å². The first-order valence-electron chi connectivity index (χ1n) is 3.39. The molecule has 0 radical (unpaired) electrons. The van der Waals surface area contributed by atoms with Gasteiger partial charge >= 0.3 is 0 Å². The summed E-state index contributed by atoms with van der Waals surface area (Å²) in [4.78, 5) is 8.12. The Labute approximate surface area is 68.3 Å². The highest BCUT2D eigenvalue weighted by Gasteiger charge is 1.99. The molecule has 0 saturated heterocycles. The van der Waals surface area contributed by atoms with Crippen molar-refractivity contribution in [2.24, 2.45) is 0 Å². The van der Waals surface area contributed by atoms with Gasteiger partial charge in [-0.1, -0.05) is 0 Å². The van der Waals surface area contributed by atoms with E-state index in [0.29, 0.717) is 5.95 Å². The Morgan fingerprint density at radius 1 is 1.42 bits per heavy atom. The molecule has 0 fully saturated rings. The normalized spacial score (nSPS) is 10.1. The molecule has 2 aromatic rings. The molecule has 60 valence electrons. The van der Waals surface area contributed by atoms with Crippen LogP contribution in [0.4, 0.5) is 0 Å². The fraction of sp³-hybridized carbons (Fsp3) is 0.167. The average molecular weight is 162 g/mol. The minimum atomic E-state index is 0.486. The van der Waals surface area contributed by atoms with E-state index in [-0.39, 0.29) is 0 Å². The number of nitrogens with zero attached hydrogens (tertiary/aromatic N) is 6. The molecule has 0 saturated carbocycles. The van der Waals surface area contributed by atoms with E-state index in [4.69, 9.17) is 0 Å². The zero-order chi connectivity index (χ0) is 8.39. The molecule has 0 amide bonds. The molecule has 2 heterocycles. The van der Waals surface area contributed by atoms with Gasteiger partial charge in [0, 0.05) is 11.9 Å². The van der Waals surface area contributed by atoms with Crippen molar-refractivity contribution in [1.29, 1.82) is 0 Å². The second-order valence-corrected chi connectivity index (χ2v) is 2.25. The molecule has 0 N–H and O–H groups in total. The third kappa shape index (κ3) is 1.14. The lowest BCUT2D eigenvalue weighted by Gasteiger charge is -1.96. The van der Waals surface area contributed by atoms with Crippen LogP contribution < -0.4 is 0 Å². The van der Waals surface area contributed by atoms with Gasteiger partial charge in [0.05, 0.1) is 0 Å². The standard InChI is InChI=1S/C6H6N6/c1-5-2-3-7-6(9-5)12-4-8-10-11-12/h2-4H,1H3. The van der Waals surface area contributed by atoms with Gasteiger partial charge in [-0.05, 0) is 23.4 Å². The summed E-state index contributed by atoms with van der Waals surface area (Å²) in [5, 5.41) is 10.6. The van der Waals surface area contributed by atoms with Crippen LogP contribution in [0.1, 0.15) is 5.69 Å². The summed E-state index contributed by atoms with van der Waals surface area (Å²) in [6.45, 7) is 1.88. The first kappa shape index (κ1) is 6.84. The van der Waals surface area contributed by atoms with E-state index in [1.54, 1.807) is 6.20 Å². The third-order valence-corrected chi connectivity index (χ3v) is 1.34. The van der Waals surface area contributed by atoms with Crippen molar-refractivity contribution >= 4 is 0 Å². The number of rotatable bonds is 1. The van der Waals surface area contributed by atoms with Crippen LogP contribution in [0.2, 0.25) is 0 Å². The van der Waals surface area contributed by atoms with Crippen molar-refractivity contribution in [1.82, 2.24) is 30.2 Å². The maximum absolute atomic E-state index is 4.12. The zero-order valence-corrected chi connectivity index (χ0v) is 6.42. The Balaban J connectivity index is 2.48. The van der Waals surface area contributed by atoms with Crippen LogP contribution in [-0.4, -0.2) is 30.2 Å². The van der Waals surface area contributed by atoms with Crippen LogP contribution >= 0.6 is 0 Å². The van der Waals surface area contributed by atoms with Gasteiger partial charge in [-0.15, -0.1) is 5.10 Å². The van der Waals surface area contributed by atoms with E-state index in [2.05, 4.69) is 25.5 Å². The van der Waals surface area contributed by atoms with Gasteiger partial charge in [0.15, 0.2) is 0 Å². The van der Waals surface area contributed by atoms with E-state index in [1.165, 1.54) is 11.0 Å². The highest BCUT2D eigenvalue weighted by molar-refractivity contribution is 5.09. The van der Waals surface area contributed by atoms with Crippen molar-refractivity contribution in [2.45, 2.75) is 6.92 Å². The molecule has 0 spiro atoms. The summed E-state index contributed by atoms with van der Waals surface area (Å²) in [5.74, 6) is 0.486. The zero-order valence-electron chi connectivity index (χ0n) is 6.42. The first-order valence-corrected chi connectivity index (χ1v) is 3.39. The highest BCUT2D eigenvalue weighted by atomic mass is 15.5. The average Bonchev–Trinajstić information content (AvgIpc) is 2.56. The number of aryl methyl sites for hydroxylation is 1. The lowest BCUT2D eigenvalue weighted by atomic mass is 10.5. The molecule has 2 aromatic heterocycles. The monoisotopic (exact) mass is 162 g/mol. The van der Waals surface area contributed by atoms with Crippen LogP contribution in [0.25, 0.3) is 5.95 Å². The van der Waals surface area contributed by atoms with Crippen molar-refractivity contribution in [3.8, 4) is 5.95 Å². The number of aromatic nitrogens is 6. The van der Waals surface area contributed by atoms with E-state index in [1.807, 2.05) is 13.0 Å². The minimum Gasteiger partial charge on any atom is -0.220 e. The Hall–Kier alpha value is -1.85. The van der Waals surface area contributed by atoms with Gasteiger partial charge in [-0.25, -0.2) is 9.97 Å². The van der Waals surface area contributed by atoms with Crippen LogP contribution in [0, 0.1) is 6.92 Å². The molecular weight excluding hydrogens is 156 g/mol. The summed E-state index contributed by atoms with van der Waals surface area (Å²) in [7, 11) is 0. The van der Waals surface area contributed by atoms with Crippen molar-refractivity contribution < 1.29 is 0 Å². The molecule has 0 aliphatic carbocycles. The van der Waals surface area contributed by atoms with Crippen molar-refractivity contribution in [2.75, 3.05) is 0 Å². The van der Waals surface area contributed by atoms with Crippen molar-refractivity contribution in [3.63, 3.8) is 0 Å². The third-order valence-electron chi connectivity index (χ3n) is 1.34. The van der Waals surface area contributed by atoms with Gasteiger partial charge in [0.2, 0.25) is 0 Å². The molecule has 0 aliphatic rings. The molecule has 0 atom stereocenters. The molecule has 6 nitrogen and oxygen atoms in total. The fourth-order valence-electron chi connectivity index (χ4n) is 0.799. The topological polar surface area (TPSA) is 69.4 Å². The quantitative estimate of drug-likeness (QED) is 0.578. The summed E-state index contributed by atoms with van der Waals surface area (Å²) >= 11 is 0. The molecule has 6 heteroatoms. The van der Waals surface area contributed by atoms with Crippen LogP contribution in [-0.2, 0) is 0 Å². The second kappa shape index (κ2) is 2.65. The van der Waals surface area contributed by atoms with Gasteiger partial charge < -0.3 is 0 Å². The number of hydrogen-bond donors (Lipinski definition) is 0. The minimum absolute atomic E-state index is 0.486. The molecule has 0 unspecified atom stereocenters. The van der Waals surface area contributed by atoms with E-state index < -0.39 is 0 Å².